The molecule has 0 aliphatic carbocycles. The number of rotatable bonds is 2. The Morgan fingerprint density at radius 2 is 2.21 bits per heavy atom. The molecule has 0 spiro atoms. The molecular weight excluding hydrogens is 174 g/mol. The first-order chi connectivity index (χ1) is 6.81. The monoisotopic (exact) mass is 187 g/mol. The molecule has 0 fully saturated rings. The van der Waals surface area contributed by atoms with Crippen molar-refractivity contribution in [3.8, 4) is 0 Å². The Balaban J connectivity index is 2.56. The summed E-state index contributed by atoms with van der Waals surface area (Å²) in [4.78, 5) is 4.05. The van der Waals surface area contributed by atoms with Crippen LogP contribution < -0.4 is 11.1 Å². The van der Waals surface area contributed by atoms with Crippen molar-refractivity contribution in [1.29, 1.82) is 0 Å². The van der Waals surface area contributed by atoms with Crippen molar-refractivity contribution >= 4 is 16.6 Å². The summed E-state index contributed by atoms with van der Waals surface area (Å²) in [7, 11) is 1.94. The van der Waals surface area contributed by atoms with E-state index in [1.807, 2.05) is 19.2 Å². The van der Waals surface area contributed by atoms with Crippen molar-refractivity contribution in [2.75, 3.05) is 12.8 Å². The van der Waals surface area contributed by atoms with Crippen molar-refractivity contribution in [2.24, 2.45) is 0 Å². The van der Waals surface area contributed by atoms with Crippen LogP contribution in [0.4, 0.5) is 5.82 Å². The molecule has 1 aromatic heterocycles. The van der Waals surface area contributed by atoms with Crippen LogP contribution in [0, 0.1) is 0 Å². The molecule has 72 valence electrons. The molecule has 3 N–H and O–H groups in total. The highest BCUT2D eigenvalue weighted by Gasteiger charge is 1.99. The molecule has 0 aliphatic heterocycles. The van der Waals surface area contributed by atoms with Gasteiger partial charge in [-0.3, -0.25) is 0 Å². The minimum absolute atomic E-state index is 0.596. The van der Waals surface area contributed by atoms with Gasteiger partial charge in [-0.1, -0.05) is 12.1 Å². The molecule has 2 rings (SSSR count). The molecule has 14 heavy (non-hydrogen) atoms. The third-order valence-corrected chi connectivity index (χ3v) is 2.24. The predicted molar refractivity (Wildman–Crippen MR) is 58.9 cm³/mol. The summed E-state index contributed by atoms with van der Waals surface area (Å²) in [5.41, 5.74) is 7.01. The normalized spacial score (nSPS) is 10.6. The third-order valence-electron chi connectivity index (χ3n) is 2.24. The summed E-state index contributed by atoms with van der Waals surface area (Å²) >= 11 is 0. The molecule has 0 amide bonds. The lowest BCUT2D eigenvalue weighted by atomic mass is 10.1. The second kappa shape index (κ2) is 3.64. The lowest BCUT2D eigenvalue weighted by Crippen LogP contribution is -2.04. The molecule has 3 heteroatoms. The number of anilines is 1. The van der Waals surface area contributed by atoms with E-state index in [4.69, 9.17) is 5.73 Å². The van der Waals surface area contributed by atoms with Crippen LogP contribution in [0.2, 0.25) is 0 Å². The number of nitrogens with one attached hydrogen (secondary N) is 1. The molecule has 0 bridgehead atoms. The van der Waals surface area contributed by atoms with Crippen LogP contribution in [-0.2, 0) is 6.54 Å². The van der Waals surface area contributed by atoms with Gasteiger partial charge in [-0.15, -0.1) is 0 Å². The number of hydrogen-bond donors (Lipinski definition) is 2. The summed E-state index contributed by atoms with van der Waals surface area (Å²) in [5.74, 6) is 0.596. The van der Waals surface area contributed by atoms with Crippen LogP contribution in [0.3, 0.4) is 0 Å². The SMILES string of the molecule is CNCc1ccc2c(N)nccc2c1. The first-order valence-electron chi connectivity index (χ1n) is 4.59. The number of fused-ring (bicyclic) bond motifs is 1. The first-order valence-corrected chi connectivity index (χ1v) is 4.59. The number of aromatic nitrogens is 1. The molecule has 0 saturated heterocycles. The first kappa shape index (κ1) is 8.97. The largest absolute Gasteiger partial charge is 0.383 e. The summed E-state index contributed by atoms with van der Waals surface area (Å²) in [6.07, 6.45) is 1.74. The van der Waals surface area contributed by atoms with Crippen molar-refractivity contribution in [2.45, 2.75) is 6.54 Å². The number of nitrogen functional groups attached to an aromatic ring is 1. The standard InChI is InChI=1S/C11H13N3/c1-13-7-8-2-3-10-9(6-8)4-5-14-11(10)12/h2-6,13H,7H2,1H3,(H2,12,14). The molecule has 1 aromatic carbocycles. The molecule has 0 aliphatic rings. The number of pyridine rings is 1. The maximum Gasteiger partial charge on any atom is 0.131 e. The number of nitrogens with two attached hydrogens (primary N) is 1. The zero-order valence-corrected chi connectivity index (χ0v) is 8.12. The van der Waals surface area contributed by atoms with E-state index < -0.39 is 0 Å². The van der Waals surface area contributed by atoms with Crippen molar-refractivity contribution in [3.63, 3.8) is 0 Å². The van der Waals surface area contributed by atoms with E-state index in [1.165, 1.54) is 5.56 Å². The average molecular weight is 187 g/mol. The second-order valence-corrected chi connectivity index (χ2v) is 3.28. The Morgan fingerprint density at radius 1 is 1.36 bits per heavy atom. The topological polar surface area (TPSA) is 50.9 Å². The van der Waals surface area contributed by atoms with Gasteiger partial charge in [-0.25, -0.2) is 4.98 Å². The third kappa shape index (κ3) is 1.54. The van der Waals surface area contributed by atoms with Gasteiger partial charge in [0.25, 0.3) is 0 Å². The van der Waals surface area contributed by atoms with Gasteiger partial charge >= 0.3 is 0 Å². The fourth-order valence-corrected chi connectivity index (χ4v) is 1.56. The fourth-order valence-electron chi connectivity index (χ4n) is 1.56. The molecule has 0 unspecified atom stereocenters. The van der Waals surface area contributed by atoms with Gasteiger partial charge < -0.3 is 11.1 Å². The van der Waals surface area contributed by atoms with E-state index in [2.05, 4.69) is 22.4 Å². The Bertz CT molecular complexity index is 451. The number of benzene rings is 1. The van der Waals surface area contributed by atoms with Crippen LogP contribution in [0.15, 0.2) is 30.5 Å². The average Bonchev–Trinajstić information content (AvgIpc) is 2.18. The molecule has 0 radical (unpaired) electrons. The highest BCUT2D eigenvalue weighted by molar-refractivity contribution is 5.91. The minimum Gasteiger partial charge on any atom is -0.383 e. The minimum atomic E-state index is 0.596. The highest BCUT2D eigenvalue weighted by atomic mass is 14.8. The maximum absolute atomic E-state index is 5.75. The molecule has 2 aromatic rings. The Kier molecular flexibility index (Phi) is 2.33. The zero-order valence-electron chi connectivity index (χ0n) is 8.12. The maximum atomic E-state index is 5.75. The van der Waals surface area contributed by atoms with Crippen LogP contribution in [0.1, 0.15) is 5.56 Å². The van der Waals surface area contributed by atoms with Gasteiger partial charge in [0, 0.05) is 18.1 Å². The summed E-state index contributed by atoms with van der Waals surface area (Å²) < 4.78 is 0. The Labute approximate surface area is 83.0 Å². The molecule has 0 saturated carbocycles. The van der Waals surface area contributed by atoms with E-state index in [-0.39, 0.29) is 0 Å². The van der Waals surface area contributed by atoms with Gasteiger partial charge in [-0.05, 0) is 30.1 Å². The van der Waals surface area contributed by atoms with E-state index in [9.17, 15) is 0 Å². The number of nitrogens with zero attached hydrogens (tertiary/aromatic N) is 1. The van der Waals surface area contributed by atoms with Gasteiger partial charge in [0.05, 0.1) is 0 Å². The second-order valence-electron chi connectivity index (χ2n) is 3.28. The zero-order chi connectivity index (χ0) is 9.97. The lowest BCUT2D eigenvalue weighted by Gasteiger charge is -2.04. The number of hydrogen-bond acceptors (Lipinski definition) is 3. The molecule has 3 nitrogen and oxygen atoms in total. The molecule has 0 atom stereocenters. The van der Waals surface area contributed by atoms with Crippen LogP contribution >= 0.6 is 0 Å². The van der Waals surface area contributed by atoms with E-state index in [1.54, 1.807) is 6.20 Å². The van der Waals surface area contributed by atoms with E-state index in [0.717, 1.165) is 17.3 Å². The van der Waals surface area contributed by atoms with Crippen LogP contribution in [-0.4, -0.2) is 12.0 Å². The van der Waals surface area contributed by atoms with Crippen LogP contribution in [0.25, 0.3) is 10.8 Å². The Morgan fingerprint density at radius 3 is 3.00 bits per heavy atom. The van der Waals surface area contributed by atoms with Crippen molar-refractivity contribution in [1.82, 2.24) is 10.3 Å². The van der Waals surface area contributed by atoms with Gasteiger partial charge in [0.2, 0.25) is 0 Å². The Hall–Kier alpha value is -1.61. The quantitative estimate of drug-likeness (QED) is 0.749. The highest BCUT2D eigenvalue weighted by Crippen LogP contribution is 2.19. The van der Waals surface area contributed by atoms with Gasteiger partial charge in [0.1, 0.15) is 5.82 Å². The smallest absolute Gasteiger partial charge is 0.131 e. The summed E-state index contributed by atoms with van der Waals surface area (Å²) in [6, 6.07) is 8.19. The fraction of sp³-hybridized carbons (Fsp3) is 0.182. The van der Waals surface area contributed by atoms with Crippen molar-refractivity contribution < 1.29 is 0 Å². The van der Waals surface area contributed by atoms with E-state index in [0.29, 0.717) is 5.82 Å². The van der Waals surface area contributed by atoms with Gasteiger partial charge in [-0.2, -0.15) is 0 Å². The lowest BCUT2D eigenvalue weighted by molar-refractivity contribution is 0.819. The molecule has 1 heterocycles. The van der Waals surface area contributed by atoms with Gasteiger partial charge in [0.15, 0.2) is 0 Å². The molecular formula is C11H13N3. The van der Waals surface area contributed by atoms with Crippen LogP contribution in [0.5, 0.6) is 0 Å². The van der Waals surface area contributed by atoms with E-state index >= 15 is 0 Å². The van der Waals surface area contributed by atoms with Crippen molar-refractivity contribution in [3.05, 3.63) is 36.0 Å². The predicted octanol–water partition coefficient (Wildman–Crippen LogP) is 1.54. The summed E-state index contributed by atoms with van der Waals surface area (Å²) in [5, 5.41) is 5.28. The summed E-state index contributed by atoms with van der Waals surface area (Å²) in [6.45, 7) is 0.873.